The lowest BCUT2D eigenvalue weighted by molar-refractivity contribution is -0.181. The molecule has 0 spiro atoms. The molecule has 0 bridgehead atoms. The smallest absolute Gasteiger partial charge is 0.455 e. The van der Waals surface area contributed by atoms with Crippen molar-refractivity contribution in [1.29, 1.82) is 0 Å². The fourth-order valence-corrected chi connectivity index (χ4v) is 11.1. The Balaban J connectivity index is 1.12. The van der Waals surface area contributed by atoms with Crippen molar-refractivity contribution in [3.05, 3.63) is 75.7 Å². The summed E-state index contributed by atoms with van der Waals surface area (Å²) >= 11 is 0. The highest BCUT2D eigenvalue weighted by Crippen LogP contribution is 2.51. The van der Waals surface area contributed by atoms with Gasteiger partial charge in [0, 0.05) is 46.9 Å². The molecule has 3 aromatic heterocycles. The zero-order valence-electron chi connectivity index (χ0n) is 39.0. The summed E-state index contributed by atoms with van der Waals surface area (Å²) in [6.45, 7) is 3.41. The molecular formula is C39H52N12O18P2S2. The van der Waals surface area contributed by atoms with Crippen LogP contribution in [0.4, 0.5) is 22.1 Å². The molecule has 6 heterocycles. The molecule has 4 aromatic rings. The number of azide groups is 1. The van der Waals surface area contributed by atoms with Gasteiger partial charge < -0.3 is 59.7 Å². The molecule has 7 rings (SSSR count). The van der Waals surface area contributed by atoms with Crippen molar-refractivity contribution in [3.63, 3.8) is 0 Å². The van der Waals surface area contributed by atoms with Crippen molar-refractivity contribution in [2.75, 3.05) is 50.1 Å². The van der Waals surface area contributed by atoms with Crippen molar-refractivity contribution >= 4 is 77.8 Å². The predicted octanol–water partition coefficient (Wildman–Crippen LogP) is 3.21. The summed E-state index contributed by atoms with van der Waals surface area (Å²) in [4.78, 5) is 90.9. The lowest BCUT2D eigenvalue weighted by atomic mass is 10.1. The Morgan fingerprint density at radius 2 is 1.73 bits per heavy atom. The molecule has 0 radical (unpaired) electrons. The average Bonchev–Trinajstić information content (AvgIpc) is 4.13. The Morgan fingerprint density at radius 3 is 2.41 bits per heavy atom. The molecule has 398 valence electrons. The lowest BCUT2D eigenvalue weighted by Crippen LogP contribution is -2.43. The van der Waals surface area contributed by atoms with Gasteiger partial charge in [-0.1, -0.05) is 71.7 Å². The number of aliphatic hydroxyl groups is 1. The van der Waals surface area contributed by atoms with Gasteiger partial charge in [0.2, 0.25) is 0 Å². The van der Waals surface area contributed by atoms with E-state index in [9.17, 15) is 43.3 Å². The zero-order valence-corrected chi connectivity index (χ0v) is 42.4. The maximum Gasteiger partial charge on any atom is 0.472 e. The number of nitrogens with two attached hydrogens (primary N) is 2. The van der Waals surface area contributed by atoms with Crippen molar-refractivity contribution < 1.29 is 80.5 Å². The van der Waals surface area contributed by atoms with Crippen LogP contribution >= 0.6 is 37.2 Å². The number of carbonyl (C=O) groups is 2. The number of rotatable bonds is 22. The minimum absolute atomic E-state index is 0.00341. The minimum Gasteiger partial charge on any atom is -0.455 e. The fourth-order valence-electron chi connectivity index (χ4n) is 7.49. The van der Waals surface area contributed by atoms with E-state index in [0.29, 0.717) is 29.8 Å². The highest BCUT2D eigenvalue weighted by Gasteiger charge is 2.54. The van der Waals surface area contributed by atoms with Gasteiger partial charge in [0.25, 0.3) is 0 Å². The monoisotopic (exact) mass is 1100 g/mol. The second-order valence-corrected chi connectivity index (χ2v) is 23.1. The van der Waals surface area contributed by atoms with E-state index in [0.717, 1.165) is 15.8 Å². The molecule has 2 unspecified atom stereocenters. The number of nitrogen functional groups attached to an aromatic ring is 2. The first kappa shape index (κ1) is 55.8. The van der Waals surface area contributed by atoms with Gasteiger partial charge in [-0.2, -0.15) is 4.98 Å². The van der Waals surface area contributed by atoms with Crippen molar-refractivity contribution in [2.45, 2.75) is 100 Å². The number of anilines is 2. The molecule has 0 aliphatic carbocycles. The molecule has 10 atom stereocenters. The van der Waals surface area contributed by atoms with E-state index in [2.05, 4.69) is 30.0 Å². The van der Waals surface area contributed by atoms with Gasteiger partial charge in [0.05, 0.1) is 19.5 Å². The molecule has 73 heavy (non-hydrogen) atoms. The molecule has 3 fully saturated rings. The standard InChI is InChI=1S/C39H52N12O18P2S2/c1-39(2,3)73-72-14-12-49(38(55)62-16-21-6-8-22(9-7-21)47-48-42)15-26(52)67-30-23(65-35(29(30)53)51-20-45-28-33(41)43-19-44-34(28)51)18-64-71(59,60)69-31-24(17-63-70(56,57)58)66-36(32(31)68-27-5-4-13-61-27)50-11-10-25(40)46-37(50)54/h6-11,19-20,23-24,27,29-32,35-36,53H,4-5,12-18H2,1-3H3,(H,59,60)(H2,40,46,54)(H2,41,43,44)(H2,56,57,58)/t23-,24-,27?,29-,30-,31-,32-,35-,36-/m1/s1. The second kappa shape index (κ2) is 24.1. The number of esters is 1. The Morgan fingerprint density at radius 1 is 1.00 bits per heavy atom. The first-order chi connectivity index (χ1) is 34.6. The van der Waals surface area contributed by atoms with E-state index >= 15 is 0 Å². The number of aliphatic hydroxyl groups excluding tert-OH is 1. The maximum absolute atomic E-state index is 14.1. The largest absolute Gasteiger partial charge is 0.472 e. The molecule has 34 heteroatoms. The van der Waals surface area contributed by atoms with Crippen LogP contribution in [0.5, 0.6) is 0 Å². The number of imidazole rings is 1. The number of ether oxygens (including phenoxy) is 6. The summed E-state index contributed by atoms with van der Waals surface area (Å²) in [6.07, 6.45) is -10.5. The number of amides is 1. The van der Waals surface area contributed by atoms with E-state index in [1.54, 1.807) is 22.9 Å². The number of carbonyl (C=O) groups excluding carboxylic acids is 2. The Kier molecular flexibility index (Phi) is 18.4. The molecule has 0 saturated carbocycles. The van der Waals surface area contributed by atoms with Crippen LogP contribution in [0, 0.1) is 0 Å². The van der Waals surface area contributed by atoms with Gasteiger partial charge in [-0.05, 0) is 23.6 Å². The number of phosphoric ester groups is 2. The van der Waals surface area contributed by atoms with Crippen molar-refractivity contribution in [1.82, 2.24) is 34.0 Å². The first-order valence-corrected chi connectivity index (χ1v) is 27.4. The summed E-state index contributed by atoms with van der Waals surface area (Å²) in [5.41, 5.74) is 20.6. The van der Waals surface area contributed by atoms with Crippen LogP contribution in [0.15, 0.2) is 59.1 Å². The normalized spacial score (nSPS) is 25.1. The van der Waals surface area contributed by atoms with Crippen LogP contribution in [-0.4, -0.2) is 152 Å². The highest BCUT2D eigenvalue weighted by atomic mass is 33.1. The molecule has 1 amide bonds. The number of aromatic nitrogens is 6. The Hall–Kier alpha value is -4.98. The summed E-state index contributed by atoms with van der Waals surface area (Å²) in [7, 11) is -7.67. The quantitative estimate of drug-likeness (QED) is 0.0125. The third-order valence-corrected chi connectivity index (χ3v) is 15.5. The number of fused-ring (bicyclic) bond motifs is 1. The van der Waals surface area contributed by atoms with Crippen LogP contribution < -0.4 is 17.2 Å². The van der Waals surface area contributed by atoms with Gasteiger partial charge >= 0.3 is 33.4 Å². The highest BCUT2D eigenvalue weighted by molar-refractivity contribution is 8.77. The molecular weight excluding hydrogens is 1050 g/mol. The van der Waals surface area contributed by atoms with Gasteiger partial charge in [0.1, 0.15) is 61.3 Å². The van der Waals surface area contributed by atoms with E-state index in [-0.39, 0.29) is 47.3 Å². The van der Waals surface area contributed by atoms with E-state index in [4.69, 9.17) is 59.0 Å². The van der Waals surface area contributed by atoms with Gasteiger partial charge in [-0.3, -0.25) is 32.4 Å². The zero-order chi connectivity index (χ0) is 52.7. The van der Waals surface area contributed by atoms with E-state index < -0.39 is 109 Å². The molecule has 3 aliphatic heterocycles. The minimum atomic E-state index is -5.45. The molecule has 3 saturated heterocycles. The summed E-state index contributed by atoms with van der Waals surface area (Å²) in [5, 5.41) is 15.4. The average molecular weight is 1100 g/mol. The van der Waals surface area contributed by atoms with Crippen molar-refractivity contribution in [2.24, 2.45) is 5.11 Å². The van der Waals surface area contributed by atoms with Crippen LogP contribution in [0.2, 0.25) is 0 Å². The molecule has 1 aromatic carbocycles. The van der Waals surface area contributed by atoms with Crippen LogP contribution in [0.1, 0.15) is 51.6 Å². The van der Waals surface area contributed by atoms with Crippen LogP contribution in [0.3, 0.4) is 0 Å². The molecule has 8 N–H and O–H groups in total. The number of hydrogen-bond acceptors (Lipinski definition) is 24. The fraction of sp³-hybridized carbons (Fsp3) is 0.564. The van der Waals surface area contributed by atoms with Gasteiger partial charge in [-0.15, -0.1) is 0 Å². The maximum atomic E-state index is 14.1. The van der Waals surface area contributed by atoms with Crippen molar-refractivity contribution in [3.8, 4) is 0 Å². The number of hydrogen-bond donors (Lipinski definition) is 6. The van der Waals surface area contributed by atoms with Crippen LogP contribution in [0.25, 0.3) is 21.6 Å². The van der Waals surface area contributed by atoms with Crippen LogP contribution in [-0.2, 0) is 62.5 Å². The second-order valence-electron chi connectivity index (χ2n) is 17.2. The number of phosphoric acid groups is 2. The summed E-state index contributed by atoms with van der Waals surface area (Å²) in [6, 6.07) is 7.47. The summed E-state index contributed by atoms with van der Waals surface area (Å²) in [5.74, 6) is -0.905. The number of nitrogens with zero attached hydrogens (tertiary/aromatic N) is 10. The first-order valence-electron chi connectivity index (χ1n) is 22.0. The van der Waals surface area contributed by atoms with E-state index in [1.807, 2.05) is 20.8 Å². The number of benzene rings is 1. The third-order valence-electron chi connectivity index (χ3n) is 10.7. The third kappa shape index (κ3) is 15.1. The van der Waals surface area contributed by atoms with E-state index in [1.165, 1.54) is 46.1 Å². The van der Waals surface area contributed by atoms with Gasteiger partial charge in [-0.25, -0.2) is 33.7 Å². The molecule has 30 nitrogen and oxygen atoms in total. The lowest BCUT2D eigenvalue weighted by Gasteiger charge is -2.29. The SMILES string of the molecule is CC(C)(C)SSCCN(CC(=O)O[C@H]1[C@@H](O)[C@H](n2cnc3c(N)ncnc32)O[C@@H]1COP(=O)(O)O[C@H]1[C@@H](OC2CCCO2)[C@H](n2ccc(N)nc2=O)O[C@@H]1COP(=O)(O)O)C(=O)OCc1ccc(N=[N+]=[N-])cc1. The Bertz CT molecular complexity index is 2780. The Labute approximate surface area is 422 Å². The predicted molar refractivity (Wildman–Crippen MR) is 256 cm³/mol. The topological polar surface area (TPSA) is 415 Å². The molecule has 3 aliphatic rings. The summed E-state index contributed by atoms with van der Waals surface area (Å²) < 4.78 is 78.9. The van der Waals surface area contributed by atoms with Gasteiger partial charge in [0.15, 0.2) is 36.3 Å².